The molecule has 1 aromatic heterocycles. The number of nitrogens with one attached hydrogen (secondary N) is 1. The first kappa shape index (κ1) is 15.4. The number of aliphatic hydroxyl groups is 2. The van der Waals surface area contributed by atoms with Crippen LogP contribution in [0.3, 0.4) is 0 Å². The highest BCUT2D eigenvalue weighted by atomic mass is 32.1. The SMILES string of the molecule is CC(=O)NC[C@]1(O)CN(Cc2cc3ccccc3s2)C[C@H]1O. The fraction of sp³-hybridized carbons (Fsp3) is 0.438. The molecule has 2 atom stereocenters. The lowest BCUT2D eigenvalue weighted by Crippen LogP contribution is -2.50. The van der Waals surface area contributed by atoms with Crippen molar-refractivity contribution in [3.8, 4) is 0 Å². The van der Waals surface area contributed by atoms with Crippen molar-refractivity contribution in [2.24, 2.45) is 0 Å². The maximum Gasteiger partial charge on any atom is 0.216 e. The first-order valence-electron chi connectivity index (χ1n) is 7.31. The van der Waals surface area contributed by atoms with Crippen LogP contribution in [0.15, 0.2) is 30.3 Å². The minimum Gasteiger partial charge on any atom is -0.389 e. The summed E-state index contributed by atoms with van der Waals surface area (Å²) in [5.41, 5.74) is -1.28. The summed E-state index contributed by atoms with van der Waals surface area (Å²) < 4.78 is 1.24. The molecule has 0 radical (unpaired) electrons. The third kappa shape index (κ3) is 3.15. The predicted octanol–water partition coefficient (Wildman–Crippen LogP) is 0.945. The fourth-order valence-electron chi connectivity index (χ4n) is 2.88. The first-order valence-corrected chi connectivity index (χ1v) is 8.13. The molecule has 1 amide bonds. The summed E-state index contributed by atoms with van der Waals surface area (Å²) in [6.07, 6.45) is -0.853. The molecule has 6 heteroatoms. The summed E-state index contributed by atoms with van der Waals surface area (Å²) in [4.78, 5) is 14.2. The minimum absolute atomic E-state index is 0.0758. The van der Waals surface area contributed by atoms with Gasteiger partial charge >= 0.3 is 0 Å². The molecule has 0 spiro atoms. The Morgan fingerprint density at radius 3 is 3.00 bits per heavy atom. The smallest absolute Gasteiger partial charge is 0.216 e. The maximum atomic E-state index is 11.0. The molecule has 1 fully saturated rings. The van der Waals surface area contributed by atoms with Crippen molar-refractivity contribution in [3.63, 3.8) is 0 Å². The van der Waals surface area contributed by atoms with Crippen LogP contribution in [0.4, 0.5) is 0 Å². The normalized spacial score (nSPS) is 25.7. The summed E-state index contributed by atoms with van der Waals surface area (Å²) in [7, 11) is 0. The van der Waals surface area contributed by atoms with Crippen molar-refractivity contribution < 1.29 is 15.0 Å². The average molecular weight is 320 g/mol. The van der Waals surface area contributed by atoms with Gasteiger partial charge in [-0.1, -0.05) is 18.2 Å². The second kappa shape index (κ2) is 5.96. The Morgan fingerprint density at radius 2 is 2.27 bits per heavy atom. The van der Waals surface area contributed by atoms with E-state index in [9.17, 15) is 15.0 Å². The number of aliphatic hydroxyl groups excluding tert-OH is 1. The number of carbonyl (C=O) groups excluding carboxylic acids is 1. The number of likely N-dealkylation sites (tertiary alicyclic amines) is 1. The van der Waals surface area contributed by atoms with E-state index in [1.807, 2.05) is 17.0 Å². The molecular formula is C16H20N2O3S. The number of nitrogens with zero attached hydrogens (tertiary/aromatic N) is 1. The number of β-amino-alcohol motifs (C(OH)–C–C–N with tert-alkyl or cyclic N) is 2. The van der Waals surface area contributed by atoms with E-state index in [1.54, 1.807) is 11.3 Å². The van der Waals surface area contributed by atoms with E-state index in [1.165, 1.54) is 21.9 Å². The highest BCUT2D eigenvalue weighted by Gasteiger charge is 2.44. The molecule has 2 aromatic rings. The van der Waals surface area contributed by atoms with Crippen LogP contribution in [-0.4, -0.2) is 52.4 Å². The van der Waals surface area contributed by atoms with Gasteiger partial charge < -0.3 is 15.5 Å². The molecule has 5 nitrogen and oxygen atoms in total. The Morgan fingerprint density at radius 1 is 1.50 bits per heavy atom. The van der Waals surface area contributed by atoms with Crippen molar-refractivity contribution in [1.82, 2.24) is 10.2 Å². The monoisotopic (exact) mass is 320 g/mol. The number of thiophene rings is 1. The summed E-state index contributed by atoms with van der Waals surface area (Å²) >= 11 is 1.73. The van der Waals surface area contributed by atoms with Crippen LogP contribution in [0.25, 0.3) is 10.1 Å². The number of amides is 1. The lowest BCUT2D eigenvalue weighted by atomic mass is 10.0. The molecule has 1 aliphatic heterocycles. The second-order valence-corrected chi connectivity index (χ2v) is 7.12. The number of carbonyl (C=O) groups is 1. The Balaban J connectivity index is 1.67. The molecule has 0 aliphatic carbocycles. The first-order chi connectivity index (χ1) is 10.5. The predicted molar refractivity (Wildman–Crippen MR) is 86.7 cm³/mol. The lowest BCUT2D eigenvalue weighted by molar-refractivity contribution is -0.121. The van der Waals surface area contributed by atoms with E-state index in [4.69, 9.17) is 0 Å². The van der Waals surface area contributed by atoms with Crippen LogP contribution in [-0.2, 0) is 11.3 Å². The average Bonchev–Trinajstić information content (AvgIpc) is 2.98. The van der Waals surface area contributed by atoms with Gasteiger partial charge in [0.2, 0.25) is 5.91 Å². The van der Waals surface area contributed by atoms with E-state index < -0.39 is 11.7 Å². The zero-order valence-electron chi connectivity index (χ0n) is 12.5. The van der Waals surface area contributed by atoms with Gasteiger partial charge in [0.25, 0.3) is 0 Å². The summed E-state index contributed by atoms with van der Waals surface area (Å²) in [5, 5.41) is 24.4. The van der Waals surface area contributed by atoms with Gasteiger partial charge in [0.05, 0.1) is 12.6 Å². The van der Waals surface area contributed by atoms with E-state index in [2.05, 4.69) is 23.5 Å². The molecule has 1 saturated heterocycles. The van der Waals surface area contributed by atoms with Crippen LogP contribution in [0.1, 0.15) is 11.8 Å². The van der Waals surface area contributed by atoms with Crippen LogP contribution in [0.5, 0.6) is 0 Å². The van der Waals surface area contributed by atoms with Crippen LogP contribution >= 0.6 is 11.3 Å². The molecule has 0 bridgehead atoms. The Labute approximate surface area is 133 Å². The third-order valence-corrected chi connectivity index (χ3v) is 5.15. The van der Waals surface area contributed by atoms with Gasteiger partial charge in [0.1, 0.15) is 5.60 Å². The van der Waals surface area contributed by atoms with Crippen molar-refractivity contribution in [1.29, 1.82) is 0 Å². The lowest BCUT2D eigenvalue weighted by Gasteiger charge is -2.25. The van der Waals surface area contributed by atoms with E-state index in [-0.39, 0.29) is 12.5 Å². The van der Waals surface area contributed by atoms with Gasteiger partial charge in [0, 0.05) is 36.1 Å². The van der Waals surface area contributed by atoms with Gasteiger partial charge in [-0.15, -0.1) is 11.3 Å². The van der Waals surface area contributed by atoms with Crippen molar-refractivity contribution >= 4 is 27.3 Å². The van der Waals surface area contributed by atoms with E-state index >= 15 is 0 Å². The Kier molecular flexibility index (Phi) is 4.18. The molecular weight excluding hydrogens is 300 g/mol. The number of fused-ring (bicyclic) bond motifs is 1. The Hall–Kier alpha value is -1.47. The molecule has 3 N–H and O–H groups in total. The third-order valence-electron chi connectivity index (χ3n) is 4.05. The minimum atomic E-state index is -1.28. The fourth-order valence-corrected chi connectivity index (χ4v) is 3.99. The van der Waals surface area contributed by atoms with Crippen LogP contribution < -0.4 is 5.32 Å². The molecule has 0 unspecified atom stereocenters. The van der Waals surface area contributed by atoms with E-state index in [0.29, 0.717) is 19.6 Å². The van der Waals surface area contributed by atoms with Gasteiger partial charge in [-0.3, -0.25) is 9.69 Å². The summed E-state index contributed by atoms with van der Waals surface area (Å²) in [6.45, 7) is 2.93. The van der Waals surface area contributed by atoms with E-state index in [0.717, 1.165) is 0 Å². The summed E-state index contributed by atoms with van der Waals surface area (Å²) in [6, 6.07) is 10.4. The van der Waals surface area contributed by atoms with Crippen LogP contribution in [0.2, 0.25) is 0 Å². The van der Waals surface area contributed by atoms with Gasteiger partial charge in [-0.25, -0.2) is 0 Å². The molecule has 3 rings (SSSR count). The van der Waals surface area contributed by atoms with Gasteiger partial charge in [-0.05, 0) is 17.5 Å². The Bertz CT molecular complexity index is 654. The highest BCUT2D eigenvalue weighted by Crippen LogP contribution is 2.29. The number of hydrogen-bond acceptors (Lipinski definition) is 5. The van der Waals surface area contributed by atoms with Crippen molar-refractivity contribution in [2.45, 2.75) is 25.2 Å². The van der Waals surface area contributed by atoms with Gasteiger partial charge in [-0.2, -0.15) is 0 Å². The zero-order valence-corrected chi connectivity index (χ0v) is 13.3. The number of benzene rings is 1. The molecule has 2 heterocycles. The quantitative estimate of drug-likeness (QED) is 0.784. The second-order valence-electron chi connectivity index (χ2n) is 5.95. The molecule has 1 aliphatic rings. The molecule has 118 valence electrons. The number of hydrogen-bond donors (Lipinski definition) is 3. The van der Waals surface area contributed by atoms with Crippen molar-refractivity contribution in [2.75, 3.05) is 19.6 Å². The summed E-state index contributed by atoms with van der Waals surface area (Å²) in [5.74, 6) is -0.205. The maximum absolute atomic E-state index is 11.0. The largest absolute Gasteiger partial charge is 0.389 e. The molecule has 22 heavy (non-hydrogen) atoms. The van der Waals surface area contributed by atoms with Crippen LogP contribution in [0, 0.1) is 0 Å². The van der Waals surface area contributed by atoms with Crippen molar-refractivity contribution in [3.05, 3.63) is 35.2 Å². The standard InChI is InChI=1S/C16H20N2O3S/c1-11(19)17-9-16(21)10-18(8-15(16)20)7-13-6-12-4-2-3-5-14(12)22-13/h2-6,15,20-21H,7-10H2,1H3,(H,17,19)/t15-,16+/m1/s1. The topological polar surface area (TPSA) is 72.8 Å². The molecule has 0 saturated carbocycles. The number of rotatable bonds is 4. The highest BCUT2D eigenvalue weighted by molar-refractivity contribution is 7.19. The zero-order chi connectivity index (χ0) is 15.7. The molecule has 1 aromatic carbocycles. The van der Waals surface area contributed by atoms with Gasteiger partial charge in [0.15, 0.2) is 0 Å².